The molecule has 0 spiro atoms. The predicted molar refractivity (Wildman–Crippen MR) is 72.1 cm³/mol. The number of nitrogens with one attached hydrogen (secondary N) is 1. The Kier molecular flexibility index (Phi) is 6.91. The topological polar surface area (TPSA) is 50.7 Å². The number of aliphatic hydroxyl groups excluding tert-OH is 1. The van der Waals surface area contributed by atoms with E-state index in [2.05, 4.69) is 11.9 Å². The first-order chi connectivity index (χ1) is 8.83. The Hall–Kier alpha value is -1.52. The van der Waals surface area contributed by atoms with E-state index >= 15 is 0 Å². The minimum absolute atomic E-state index is 0.119. The summed E-state index contributed by atoms with van der Waals surface area (Å²) in [5.74, 6) is 1.48. The van der Waals surface area contributed by atoms with Crippen LogP contribution in [0.1, 0.15) is 12.5 Å². The second-order valence-corrected chi connectivity index (χ2v) is 3.68. The maximum absolute atomic E-state index is 8.76. The summed E-state index contributed by atoms with van der Waals surface area (Å²) in [4.78, 5) is 0. The molecule has 0 bridgehead atoms. The van der Waals surface area contributed by atoms with Crippen molar-refractivity contribution in [3.63, 3.8) is 0 Å². The van der Waals surface area contributed by atoms with E-state index in [0.29, 0.717) is 26.3 Å². The second-order valence-electron chi connectivity index (χ2n) is 3.68. The van der Waals surface area contributed by atoms with E-state index in [9.17, 15) is 0 Å². The molecule has 1 rings (SSSR count). The van der Waals surface area contributed by atoms with Gasteiger partial charge in [0, 0.05) is 18.7 Å². The highest BCUT2D eigenvalue weighted by Crippen LogP contribution is 2.31. The van der Waals surface area contributed by atoms with Gasteiger partial charge in [-0.1, -0.05) is 24.8 Å². The molecule has 100 valence electrons. The van der Waals surface area contributed by atoms with E-state index in [-0.39, 0.29) is 6.61 Å². The Morgan fingerprint density at radius 2 is 2.22 bits per heavy atom. The molecule has 0 aliphatic heterocycles. The third kappa shape index (κ3) is 4.39. The minimum Gasteiger partial charge on any atom is -0.490 e. The number of para-hydroxylation sites is 1. The van der Waals surface area contributed by atoms with Crippen molar-refractivity contribution in [2.24, 2.45) is 0 Å². The zero-order chi connectivity index (χ0) is 13.2. The number of benzene rings is 1. The monoisotopic (exact) mass is 251 g/mol. The molecule has 0 aliphatic rings. The van der Waals surface area contributed by atoms with Gasteiger partial charge in [0.15, 0.2) is 11.5 Å². The molecule has 0 saturated heterocycles. The van der Waals surface area contributed by atoms with Gasteiger partial charge in [0.05, 0.1) is 13.2 Å². The molecule has 1 aromatic rings. The van der Waals surface area contributed by atoms with E-state index in [1.807, 2.05) is 25.1 Å². The van der Waals surface area contributed by atoms with Crippen LogP contribution in [-0.4, -0.2) is 31.5 Å². The normalized spacial score (nSPS) is 10.1. The molecule has 0 aliphatic carbocycles. The Balaban J connectivity index is 2.83. The number of ether oxygens (including phenoxy) is 2. The second kappa shape index (κ2) is 8.55. The molecule has 0 radical (unpaired) electrons. The van der Waals surface area contributed by atoms with Crippen molar-refractivity contribution in [3.05, 3.63) is 36.4 Å². The summed E-state index contributed by atoms with van der Waals surface area (Å²) < 4.78 is 11.2. The summed E-state index contributed by atoms with van der Waals surface area (Å²) in [5.41, 5.74) is 1.01. The number of hydrogen-bond acceptors (Lipinski definition) is 4. The van der Waals surface area contributed by atoms with Crippen LogP contribution in [0.5, 0.6) is 11.5 Å². The molecule has 1 aromatic carbocycles. The molecule has 0 amide bonds. The minimum atomic E-state index is 0.119. The van der Waals surface area contributed by atoms with Crippen LogP contribution < -0.4 is 14.8 Å². The fraction of sp³-hybridized carbons (Fsp3) is 0.429. The molecular formula is C14H21NO3. The lowest BCUT2D eigenvalue weighted by Gasteiger charge is -2.15. The van der Waals surface area contributed by atoms with Gasteiger partial charge in [-0.05, 0) is 13.0 Å². The smallest absolute Gasteiger partial charge is 0.166 e. The van der Waals surface area contributed by atoms with Crippen molar-refractivity contribution in [2.45, 2.75) is 13.5 Å². The molecule has 0 atom stereocenters. The molecule has 0 unspecified atom stereocenters. The Labute approximate surface area is 108 Å². The van der Waals surface area contributed by atoms with E-state index in [1.54, 1.807) is 6.08 Å². The zero-order valence-corrected chi connectivity index (χ0v) is 10.8. The largest absolute Gasteiger partial charge is 0.490 e. The van der Waals surface area contributed by atoms with E-state index in [0.717, 1.165) is 17.1 Å². The van der Waals surface area contributed by atoms with Gasteiger partial charge >= 0.3 is 0 Å². The molecule has 0 saturated carbocycles. The van der Waals surface area contributed by atoms with Crippen LogP contribution >= 0.6 is 0 Å². The maximum Gasteiger partial charge on any atom is 0.166 e. The molecule has 18 heavy (non-hydrogen) atoms. The molecule has 2 N–H and O–H groups in total. The molecule has 4 heteroatoms. The summed E-state index contributed by atoms with van der Waals surface area (Å²) >= 11 is 0. The first kappa shape index (κ1) is 14.5. The standard InChI is InChI=1S/C14H21NO3/c1-3-10-18-14-12(11-15-8-9-16)6-5-7-13(14)17-4-2/h3,5-7,15-16H,1,4,8-11H2,2H3. The van der Waals surface area contributed by atoms with Crippen LogP contribution in [-0.2, 0) is 6.54 Å². The highest BCUT2D eigenvalue weighted by atomic mass is 16.5. The van der Waals surface area contributed by atoms with Gasteiger partial charge in [0.2, 0.25) is 0 Å². The number of rotatable bonds is 9. The van der Waals surface area contributed by atoms with Gasteiger partial charge in [0.25, 0.3) is 0 Å². The van der Waals surface area contributed by atoms with Gasteiger partial charge in [-0.25, -0.2) is 0 Å². The molecule has 4 nitrogen and oxygen atoms in total. The fourth-order valence-corrected chi connectivity index (χ4v) is 1.58. The van der Waals surface area contributed by atoms with Gasteiger partial charge in [-0.15, -0.1) is 0 Å². The number of hydrogen-bond donors (Lipinski definition) is 2. The lowest BCUT2D eigenvalue weighted by atomic mass is 10.2. The third-order valence-electron chi connectivity index (χ3n) is 2.31. The van der Waals surface area contributed by atoms with Crippen LogP contribution in [0.15, 0.2) is 30.9 Å². The lowest BCUT2D eigenvalue weighted by Crippen LogP contribution is -2.18. The van der Waals surface area contributed by atoms with Gasteiger partial charge < -0.3 is 19.9 Å². The van der Waals surface area contributed by atoms with Gasteiger partial charge in [0.1, 0.15) is 6.61 Å². The summed E-state index contributed by atoms with van der Waals surface area (Å²) in [5, 5.41) is 11.9. The lowest BCUT2D eigenvalue weighted by molar-refractivity contribution is 0.286. The molecular weight excluding hydrogens is 230 g/mol. The maximum atomic E-state index is 8.76. The summed E-state index contributed by atoms with van der Waals surface area (Å²) in [6.45, 7) is 7.92. The Bertz CT molecular complexity index is 366. The highest BCUT2D eigenvalue weighted by Gasteiger charge is 2.10. The third-order valence-corrected chi connectivity index (χ3v) is 2.31. The average Bonchev–Trinajstić information content (AvgIpc) is 2.38. The highest BCUT2D eigenvalue weighted by molar-refractivity contribution is 5.46. The van der Waals surface area contributed by atoms with Crippen molar-refractivity contribution in [1.82, 2.24) is 5.32 Å². The van der Waals surface area contributed by atoms with Crippen molar-refractivity contribution >= 4 is 0 Å². The molecule has 0 aromatic heterocycles. The van der Waals surface area contributed by atoms with Crippen LogP contribution in [0.4, 0.5) is 0 Å². The summed E-state index contributed by atoms with van der Waals surface area (Å²) in [6, 6.07) is 5.80. The Morgan fingerprint density at radius 1 is 1.39 bits per heavy atom. The van der Waals surface area contributed by atoms with E-state index in [1.165, 1.54) is 0 Å². The first-order valence-electron chi connectivity index (χ1n) is 6.13. The van der Waals surface area contributed by atoms with Crippen molar-refractivity contribution in [2.75, 3.05) is 26.4 Å². The van der Waals surface area contributed by atoms with Crippen molar-refractivity contribution in [1.29, 1.82) is 0 Å². The van der Waals surface area contributed by atoms with Crippen molar-refractivity contribution in [3.8, 4) is 11.5 Å². The molecule has 0 fully saturated rings. The van der Waals surface area contributed by atoms with E-state index in [4.69, 9.17) is 14.6 Å². The SMILES string of the molecule is C=CCOc1c(CNCCO)cccc1OCC. The first-order valence-corrected chi connectivity index (χ1v) is 6.13. The van der Waals surface area contributed by atoms with Gasteiger partial charge in [-0.3, -0.25) is 0 Å². The van der Waals surface area contributed by atoms with Crippen molar-refractivity contribution < 1.29 is 14.6 Å². The van der Waals surface area contributed by atoms with E-state index < -0.39 is 0 Å². The summed E-state index contributed by atoms with van der Waals surface area (Å²) in [6.07, 6.45) is 1.70. The van der Waals surface area contributed by atoms with Gasteiger partial charge in [-0.2, -0.15) is 0 Å². The zero-order valence-electron chi connectivity index (χ0n) is 10.8. The fourth-order valence-electron chi connectivity index (χ4n) is 1.58. The molecule has 0 heterocycles. The average molecular weight is 251 g/mol. The van der Waals surface area contributed by atoms with Crippen LogP contribution in [0, 0.1) is 0 Å². The van der Waals surface area contributed by atoms with Crippen LogP contribution in [0.3, 0.4) is 0 Å². The van der Waals surface area contributed by atoms with Crippen LogP contribution in [0.25, 0.3) is 0 Å². The number of aliphatic hydroxyl groups is 1. The van der Waals surface area contributed by atoms with Crippen LogP contribution in [0.2, 0.25) is 0 Å². The summed E-state index contributed by atoms with van der Waals surface area (Å²) in [7, 11) is 0. The predicted octanol–water partition coefficient (Wildman–Crippen LogP) is 1.73. The quantitative estimate of drug-likeness (QED) is 0.518. The Morgan fingerprint density at radius 3 is 2.89 bits per heavy atom.